The molecule has 29 heavy (non-hydrogen) atoms. The lowest BCUT2D eigenvalue weighted by atomic mass is 10.1. The summed E-state index contributed by atoms with van der Waals surface area (Å²) < 4.78 is 5.25. The first-order valence-corrected chi connectivity index (χ1v) is 9.89. The van der Waals surface area contributed by atoms with Crippen molar-refractivity contribution in [3.8, 4) is 5.75 Å². The van der Waals surface area contributed by atoms with Crippen LogP contribution in [0.3, 0.4) is 0 Å². The minimum Gasteiger partial charge on any atom is -0.497 e. The normalized spacial score (nSPS) is 14.1. The monoisotopic (exact) mass is 388 g/mol. The van der Waals surface area contributed by atoms with Crippen molar-refractivity contribution in [3.63, 3.8) is 0 Å². The average molecular weight is 388 g/mol. The van der Waals surface area contributed by atoms with E-state index in [1.165, 1.54) is 0 Å². The highest BCUT2D eigenvalue weighted by Crippen LogP contribution is 2.23. The molecule has 0 spiro atoms. The Kier molecular flexibility index (Phi) is 5.47. The lowest BCUT2D eigenvalue weighted by molar-refractivity contribution is -0.119. The quantitative estimate of drug-likeness (QED) is 0.709. The Morgan fingerprint density at radius 1 is 1.00 bits per heavy atom. The molecule has 5 nitrogen and oxygen atoms in total. The Morgan fingerprint density at radius 3 is 2.52 bits per heavy atom. The molecule has 1 fully saturated rings. The average Bonchev–Trinajstić information content (AvgIpc) is 2.77. The second-order valence-corrected chi connectivity index (χ2v) is 7.28. The molecule has 3 aromatic carbocycles. The third-order valence-electron chi connectivity index (χ3n) is 5.33. The number of carbonyl (C=O) groups excluding carboxylic acids is 2. The highest BCUT2D eigenvalue weighted by Gasteiger charge is 2.19. The fourth-order valence-electron chi connectivity index (χ4n) is 3.67. The number of amides is 2. The van der Waals surface area contributed by atoms with Crippen LogP contribution in [0.1, 0.15) is 35.2 Å². The predicted molar refractivity (Wildman–Crippen MR) is 114 cm³/mol. The van der Waals surface area contributed by atoms with Crippen molar-refractivity contribution >= 4 is 28.3 Å². The van der Waals surface area contributed by atoms with E-state index in [0.29, 0.717) is 18.5 Å². The first kappa shape index (κ1) is 19.0. The van der Waals surface area contributed by atoms with Gasteiger partial charge in [0.2, 0.25) is 5.91 Å². The van der Waals surface area contributed by atoms with Crippen molar-refractivity contribution in [2.45, 2.75) is 25.8 Å². The molecule has 148 valence electrons. The standard InChI is InChI=1S/C24H24N2O3/c1-29-22-12-9-19-14-17(5-6-20(19)15-22)16-25-24(28)18-7-10-21(11-8-18)26-13-3-2-4-23(26)27/h5-12,14-15H,2-4,13,16H2,1H3,(H,25,28). The summed E-state index contributed by atoms with van der Waals surface area (Å²) in [4.78, 5) is 26.4. The van der Waals surface area contributed by atoms with Gasteiger partial charge in [0.1, 0.15) is 5.75 Å². The minimum atomic E-state index is -0.128. The van der Waals surface area contributed by atoms with E-state index in [2.05, 4.69) is 11.4 Å². The van der Waals surface area contributed by atoms with Gasteiger partial charge in [-0.2, -0.15) is 0 Å². The number of carbonyl (C=O) groups is 2. The van der Waals surface area contributed by atoms with Crippen LogP contribution in [0.25, 0.3) is 10.8 Å². The largest absolute Gasteiger partial charge is 0.497 e. The minimum absolute atomic E-state index is 0.128. The van der Waals surface area contributed by atoms with Crippen LogP contribution in [-0.2, 0) is 11.3 Å². The number of fused-ring (bicyclic) bond motifs is 1. The van der Waals surface area contributed by atoms with E-state index in [0.717, 1.165) is 47.2 Å². The van der Waals surface area contributed by atoms with Crippen LogP contribution in [0.4, 0.5) is 5.69 Å². The number of anilines is 1. The van der Waals surface area contributed by atoms with Gasteiger partial charge in [0.25, 0.3) is 5.91 Å². The number of nitrogens with one attached hydrogen (secondary N) is 1. The van der Waals surface area contributed by atoms with E-state index in [9.17, 15) is 9.59 Å². The van der Waals surface area contributed by atoms with Gasteiger partial charge in [0.15, 0.2) is 0 Å². The highest BCUT2D eigenvalue weighted by atomic mass is 16.5. The van der Waals surface area contributed by atoms with Gasteiger partial charge in [-0.05, 0) is 71.6 Å². The van der Waals surface area contributed by atoms with Crippen molar-refractivity contribution in [1.29, 1.82) is 0 Å². The number of rotatable bonds is 5. The lowest BCUT2D eigenvalue weighted by Crippen LogP contribution is -2.35. The number of ether oxygens (including phenoxy) is 1. The van der Waals surface area contributed by atoms with E-state index in [1.807, 2.05) is 42.5 Å². The van der Waals surface area contributed by atoms with Crippen LogP contribution in [-0.4, -0.2) is 25.5 Å². The summed E-state index contributed by atoms with van der Waals surface area (Å²) in [6.07, 6.45) is 2.57. The number of hydrogen-bond acceptors (Lipinski definition) is 3. The van der Waals surface area contributed by atoms with Gasteiger partial charge < -0.3 is 15.0 Å². The van der Waals surface area contributed by atoms with E-state index in [4.69, 9.17) is 4.74 Å². The Morgan fingerprint density at radius 2 is 1.76 bits per heavy atom. The molecule has 1 saturated heterocycles. The Labute approximate surface area is 170 Å². The number of piperidine rings is 1. The van der Waals surface area contributed by atoms with Crippen LogP contribution in [0.15, 0.2) is 60.7 Å². The van der Waals surface area contributed by atoms with Gasteiger partial charge in [-0.25, -0.2) is 0 Å². The zero-order valence-electron chi connectivity index (χ0n) is 16.5. The fourth-order valence-corrected chi connectivity index (χ4v) is 3.67. The number of methoxy groups -OCH3 is 1. The summed E-state index contributed by atoms with van der Waals surface area (Å²) in [7, 11) is 1.65. The van der Waals surface area contributed by atoms with Crippen LogP contribution in [0, 0.1) is 0 Å². The number of benzene rings is 3. The Balaban J connectivity index is 1.40. The molecular weight excluding hydrogens is 364 g/mol. The molecular formula is C24H24N2O3. The maximum Gasteiger partial charge on any atom is 0.251 e. The summed E-state index contributed by atoms with van der Waals surface area (Å²) in [5, 5.41) is 5.17. The Hall–Kier alpha value is -3.34. The molecule has 0 saturated carbocycles. The topological polar surface area (TPSA) is 58.6 Å². The summed E-state index contributed by atoms with van der Waals surface area (Å²) in [6.45, 7) is 1.20. The van der Waals surface area contributed by atoms with Crippen LogP contribution >= 0.6 is 0 Å². The maximum atomic E-state index is 12.5. The first-order chi connectivity index (χ1) is 14.1. The molecule has 0 bridgehead atoms. The van der Waals surface area contributed by atoms with Crippen LogP contribution < -0.4 is 15.0 Å². The maximum absolute atomic E-state index is 12.5. The Bertz CT molecular complexity index is 1040. The van der Waals surface area contributed by atoms with Gasteiger partial charge in [-0.1, -0.05) is 18.2 Å². The SMILES string of the molecule is COc1ccc2cc(CNC(=O)c3ccc(N4CCCCC4=O)cc3)ccc2c1. The molecule has 1 heterocycles. The third-order valence-corrected chi connectivity index (χ3v) is 5.33. The molecule has 1 aliphatic heterocycles. The molecule has 1 aliphatic rings. The van der Waals surface area contributed by atoms with Crippen molar-refractivity contribution in [1.82, 2.24) is 5.32 Å². The lowest BCUT2D eigenvalue weighted by Gasteiger charge is -2.26. The van der Waals surface area contributed by atoms with Gasteiger partial charge >= 0.3 is 0 Å². The van der Waals surface area contributed by atoms with Crippen LogP contribution in [0.5, 0.6) is 5.75 Å². The summed E-state index contributed by atoms with van der Waals surface area (Å²) >= 11 is 0. The molecule has 2 amide bonds. The molecule has 5 heteroatoms. The van der Waals surface area contributed by atoms with Gasteiger partial charge in [-0.15, -0.1) is 0 Å². The molecule has 0 radical (unpaired) electrons. The third kappa shape index (κ3) is 4.24. The van der Waals surface area contributed by atoms with Crippen molar-refractivity contribution in [2.75, 3.05) is 18.6 Å². The molecule has 1 N–H and O–H groups in total. The van der Waals surface area contributed by atoms with E-state index >= 15 is 0 Å². The molecule has 0 atom stereocenters. The second-order valence-electron chi connectivity index (χ2n) is 7.28. The second kappa shape index (κ2) is 8.35. The number of nitrogens with zero attached hydrogens (tertiary/aromatic N) is 1. The van der Waals surface area contributed by atoms with E-state index in [-0.39, 0.29) is 11.8 Å². The smallest absolute Gasteiger partial charge is 0.251 e. The highest BCUT2D eigenvalue weighted by molar-refractivity contribution is 5.97. The number of hydrogen-bond donors (Lipinski definition) is 1. The van der Waals surface area contributed by atoms with Crippen molar-refractivity contribution in [3.05, 3.63) is 71.8 Å². The zero-order chi connectivity index (χ0) is 20.2. The van der Waals surface area contributed by atoms with Gasteiger partial charge in [0.05, 0.1) is 7.11 Å². The summed E-state index contributed by atoms with van der Waals surface area (Å²) in [5.74, 6) is 0.854. The van der Waals surface area contributed by atoms with Crippen molar-refractivity contribution < 1.29 is 14.3 Å². The fraction of sp³-hybridized carbons (Fsp3) is 0.250. The zero-order valence-corrected chi connectivity index (χ0v) is 16.5. The molecule has 0 unspecified atom stereocenters. The molecule has 4 rings (SSSR count). The van der Waals surface area contributed by atoms with E-state index in [1.54, 1.807) is 24.1 Å². The summed E-state index contributed by atoms with van der Waals surface area (Å²) in [5.41, 5.74) is 2.48. The molecule has 0 aromatic heterocycles. The van der Waals surface area contributed by atoms with E-state index < -0.39 is 0 Å². The summed E-state index contributed by atoms with van der Waals surface area (Å²) in [6, 6.07) is 19.3. The van der Waals surface area contributed by atoms with Gasteiger partial charge in [-0.3, -0.25) is 9.59 Å². The van der Waals surface area contributed by atoms with Crippen LogP contribution in [0.2, 0.25) is 0 Å². The first-order valence-electron chi connectivity index (χ1n) is 9.89. The van der Waals surface area contributed by atoms with Gasteiger partial charge in [0, 0.05) is 30.8 Å². The molecule has 0 aliphatic carbocycles. The predicted octanol–water partition coefficient (Wildman–Crippen LogP) is 4.30. The van der Waals surface area contributed by atoms with Crippen molar-refractivity contribution in [2.24, 2.45) is 0 Å². The molecule has 3 aromatic rings.